The van der Waals surface area contributed by atoms with Crippen LogP contribution in [0.3, 0.4) is 0 Å². The van der Waals surface area contributed by atoms with Crippen LogP contribution in [-0.2, 0) is 4.79 Å². The molecule has 3 rings (SSSR count). The minimum absolute atomic E-state index is 0.116. The molecule has 0 bridgehead atoms. The summed E-state index contributed by atoms with van der Waals surface area (Å²) >= 11 is 6.75. The van der Waals surface area contributed by atoms with Gasteiger partial charge in [-0.05, 0) is 56.5 Å². The second-order valence-electron chi connectivity index (χ2n) is 5.26. The molecule has 4 nitrogen and oxygen atoms in total. The Kier molecular flexibility index (Phi) is 5.83. The number of hydrogen-bond donors (Lipinski definition) is 1. The van der Waals surface area contributed by atoms with Crippen molar-refractivity contribution in [2.24, 2.45) is 5.10 Å². The maximum absolute atomic E-state index is 11.8. The van der Waals surface area contributed by atoms with Crippen LogP contribution < -0.4 is 10.2 Å². The molecule has 0 aromatic heterocycles. The number of amides is 1. The van der Waals surface area contributed by atoms with Gasteiger partial charge in [0.25, 0.3) is 5.91 Å². The summed E-state index contributed by atoms with van der Waals surface area (Å²) in [4.78, 5) is 11.8. The van der Waals surface area contributed by atoms with E-state index in [0.29, 0.717) is 5.75 Å². The van der Waals surface area contributed by atoms with Gasteiger partial charge in [-0.2, -0.15) is 5.10 Å². The summed E-state index contributed by atoms with van der Waals surface area (Å²) in [6.45, 7) is -0.116. The quantitative estimate of drug-likeness (QED) is 0.434. The van der Waals surface area contributed by atoms with E-state index in [9.17, 15) is 4.79 Å². The van der Waals surface area contributed by atoms with E-state index in [4.69, 9.17) is 4.74 Å². The van der Waals surface area contributed by atoms with Gasteiger partial charge in [0, 0.05) is 4.47 Å². The summed E-state index contributed by atoms with van der Waals surface area (Å²) in [5, 5.41) is 6.26. The molecule has 1 amide bonds. The fourth-order valence-corrected chi connectivity index (χ4v) is 3.40. The van der Waals surface area contributed by atoms with Crippen LogP contribution in [-0.4, -0.2) is 18.7 Å². The average molecular weight is 462 g/mol. The maximum Gasteiger partial charge on any atom is 0.277 e. The molecule has 0 saturated carbocycles. The molecule has 126 valence electrons. The topological polar surface area (TPSA) is 50.7 Å². The van der Waals surface area contributed by atoms with Crippen LogP contribution >= 0.6 is 31.9 Å². The van der Waals surface area contributed by atoms with Crippen molar-refractivity contribution in [3.05, 3.63) is 75.2 Å². The Balaban J connectivity index is 1.54. The van der Waals surface area contributed by atoms with Crippen molar-refractivity contribution < 1.29 is 9.53 Å². The highest BCUT2D eigenvalue weighted by molar-refractivity contribution is 9.11. The van der Waals surface area contributed by atoms with Crippen molar-refractivity contribution in [1.82, 2.24) is 5.43 Å². The Bertz CT molecular complexity index is 942. The van der Waals surface area contributed by atoms with Crippen LogP contribution in [0.4, 0.5) is 0 Å². The van der Waals surface area contributed by atoms with Crippen molar-refractivity contribution >= 4 is 54.8 Å². The lowest BCUT2D eigenvalue weighted by Crippen LogP contribution is -2.24. The average Bonchev–Trinajstić information content (AvgIpc) is 2.61. The van der Waals surface area contributed by atoms with Crippen LogP contribution in [0.25, 0.3) is 10.8 Å². The Hall–Kier alpha value is -2.18. The predicted octanol–water partition coefficient (Wildman–Crippen LogP) is 4.89. The zero-order valence-corrected chi connectivity index (χ0v) is 16.2. The van der Waals surface area contributed by atoms with Crippen LogP contribution in [0, 0.1) is 0 Å². The molecule has 6 heteroatoms. The summed E-state index contributed by atoms with van der Waals surface area (Å²) in [5.41, 5.74) is 3.37. The minimum Gasteiger partial charge on any atom is -0.483 e. The molecular formula is C19H14Br2N2O2. The van der Waals surface area contributed by atoms with Gasteiger partial charge in [-0.3, -0.25) is 4.79 Å². The molecule has 0 aliphatic heterocycles. The first-order chi connectivity index (χ1) is 12.1. The molecule has 0 fully saturated rings. The van der Waals surface area contributed by atoms with Gasteiger partial charge in [0.15, 0.2) is 6.61 Å². The number of nitrogens with one attached hydrogen (secondary N) is 1. The Morgan fingerprint density at radius 1 is 1.04 bits per heavy atom. The molecular weight excluding hydrogens is 448 g/mol. The molecule has 25 heavy (non-hydrogen) atoms. The maximum atomic E-state index is 11.8. The molecule has 0 unspecified atom stereocenters. The summed E-state index contributed by atoms with van der Waals surface area (Å²) < 4.78 is 7.16. The van der Waals surface area contributed by atoms with Crippen molar-refractivity contribution in [3.63, 3.8) is 0 Å². The van der Waals surface area contributed by atoms with Crippen LogP contribution in [0.1, 0.15) is 5.56 Å². The number of halogens is 2. The number of hydrazone groups is 1. The molecule has 0 radical (unpaired) electrons. The molecule has 0 spiro atoms. The molecule has 3 aromatic carbocycles. The van der Waals surface area contributed by atoms with Crippen LogP contribution in [0.2, 0.25) is 0 Å². The lowest BCUT2D eigenvalue weighted by Gasteiger charge is -2.07. The van der Waals surface area contributed by atoms with E-state index in [1.54, 1.807) is 12.3 Å². The van der Waals surface area contributed by atoms with E-state index >= 15 is 0 Å². The third kappa shape index (κ3) is 4.90. The Labute approximate surface area is 162 Å². The number of rotatable bonds is 5. The van der Waals surface area contributed by atoms with E-state index in [-0.39, 0.29) is 12.5 Å². The van der Waals surface area contributed by atoms with E-state index < -0.39 is 0 Å². The highest BCUT2D eigenvalue weighted by Gasteiger charge is 2.05. The van der Waals surface area contributed by atoms with Gasteiger partial charge < -0.3 is 4.74 Å². The Morgan fingerprint density at radius 3 is 2.64 bits per heavy atom. The second-order valence-corrected chi connectivity index (χ2v) is 7.03. The fraction of sp³-hybridized carbons (Fsp3) is 0.0526. The van der Waals surface area contributed by atoms with Crippen LogP contribution in [0.5, 0.6) is 5.75 Å². The molecule has 0 atom stereocenters. The molecule has 0 aliphatic carbocycles. The van der Waals surface area contributed by atoms with Gasteiger partial charge in [0.2, 0.25) is 0 Å². The first-order valence-electron chi connectivity index (χ1n) is 7.50. The Morgan fingerprint density at radius 2 is 1.84 bits per heavy atom. The van der Waals surface area contributed by atoms with Crippen molar-refractivity contribution in [1.29, 1.82) is 0 Å². The lowest BCUT2D eigenvalue weighted by molar-refractivity contribution is -0.123. The molecule has 0 aliphatic rings. The number of hydrogen-bond acceptors (Lipinski definition) is 3. The van der Waals surface area contributed by atoms with Gasteiger partial charge in [-0.25, -0.2) is 5.43 Å². The number of carbonyl (C=O) groups is 1. The summed E-state index contributed by atoms with van der Waals surface area (Å²) in [5.74, 6) is 0.267. The van der Waals surface area contributed by atoms with E-state index in [1.165, 1.54) is 0 Å². The molecule has 3 aromatic rings. The highest BCUT2D eigenvalue weighted by atomic mass is 79.9. The summed E-state index contributed by atoms with van der Waals surface area (Å²) in [7, 11) is 0. The lowest BCUT2D eigenvalue weighted by atomic mass is 10.1. The van der Waals surface area contributed by atoms with Gasteiger partial charge in [-0.1, -0.05) is 52.3 Å². The smallest absolute Gasteiger partial charge is 0.277 e. The third-order valence-electron chi connectivity index (χ3n) is 3.43. The number of carbonyl (C=O) groups excluding carboxylic acids is 1. The SMILES string of the molecule is O=C(COc1ccc(Br)cc1Br)NN=Cc1ccc2ccccc2c1. The van der Waals surface area contributed by atoms with E-state index in [2.05, 4.69) is 48.5 Å². The monoisotopic (exact) mass is 460 g/mol. The number of fused-ring (bicyclic) bond motifs is 1. The zero-order chi connectivity index (χ0) is 17.6. The minimum atomic E-state index is -0.327. The van der Waals surface area contributed by atoms with Crippen molar-refractivity contribution in [2.45, 2.75) is 0 Å². The fourth-order valence-electron chi connectivity index (χ4n) is 2.23. The van der Waals surface area contributed by atoms with E-state index in [1.807, 2.05) is 48.5 Å². The third-order valence-corrected chi connectivity index (χ3v) is 4.54. The first kappa shape index (κ1) is 17.6. The summed E-state index contributed by atoms with van der Waals surface area (Å²) in [6.07, 6.45) is 1.61. The summed E-state index contributed by atoms with van der Waals surface area (Å²) in [6, 6.07) is 19.5. The van der Waals surface area contributed by atoms with Crippen LogP contribution in [0.15, 0.2) is 74.7 Å². The van der Waals surface area contributed by atoms with Gasteiger partial charge in [0.1, 0.15) is 5.75 Å². The van der Waals surface area contributed by atoms with Gasteiger partial charge >= 0.3 is 0 Å². The number of nitrogens with zero attached hydrogens (tertiary/aromatic N) is 1. The normalized spacial score (nSPS) is 11.0. The molecule has 0 saturated heterocycles. The van der Waals surface area contributed by atoms with Crippen molar-refractivity contribution in [3.8, 4) is 5.75 Å². The van der Waals surface area contributed by atoms with E-state index in [0.717, 1.165) is 25.3 Å². The molecule has 1 N–H and O–H groups in total. The highest BCUT2D eigenvalue weighted by Crippen LogP contribution is 2.28. The van der Waals surface area contributed by atoms with Crippen molar-refractivity contribution in [2.75, 3.05) is 6.61 Å². The predicted molar refractivity (Wildman–Crippen MR) is 107 cm³/mol. The van der Waals surface area contributed by atoms with Gasteiger partial charge in [0.05, 0.1) is 10.7 Å². The number of benzene rings is 3. The molecule has 0 heterocycles. The van der Waals surface area contributed by atoms with Gasteiger partial charge in [-0.15, -0.1) is 0 Å². The number of ether oxygens (including phenoxy) is 1. The largest absolute Gasteiger partial charge is 0.483 e. The standard InChI is InChI=1S/C19H14Br2N2O2/c20-16-7-8-18(17(21)10-16)25-12-19(24)23-22-11-13-5-6-14-3-1-2-4-15(14)9-13/h1-11H,12H2,(H,23,24). The first-order valence-corrected chi connectivity index (χ1v) is 9.09. The second kappa shape index (κ2) is 8.27. The zero-order valence-electron chi connectivity index (χ0n) is 13.1.